The maximum absolute atomic E-state index is 13.2. The van der Waals surface area contributed by atoms with Crippen molar-refractivity contribution in [1.29, 1.82) is 0 Å². The molecule has 0 spiro atoms. The summed E-state index contributed by atoms with van der Waals surface area (Å²) in [4.78, 5) is 32.1. The number of aromatic nitrogens is 2. The van der Waals surface area contributed by atoms with Crippen molar-refractivity contribution in [2.24, 2.45) is 0 Å². The molecule has 164 valence electrons. The Morgan fingerprint density at radius 1 is 0.906 bits per heavy atom. The second kappa shape index (κ2) is 8.96. The van der Waals surface area contributed by atoms with Gasteiger partial charge in [-0.3, -0.25) is 14.5 Å². The monoisotopic (exact) mass is 429 g/mol. The Kier molecular flexibility index (Phi) is 5.73. The summed E-state index contributed by atoms with van der Waals surface area (Å²) in [7, 11) is 0. The van der Waals surface area contributed by atoms with E-state index >= 15 is 0 Å². The molecule has 1 atom stereocenters. The van der Waals surface area contributed by atoms with Crippen molar-refractivity contribution in [2.45, 2.75) is 25.6 Å². The van der Waals surface area contributed by atoms with E-state index in [0.29, 0.717) is 12.6 Å². The van der Waals surface area contributed by atoms with Gasteiger partial charge in [0.05, 0.1) is 11.4 Å². The third-order valence-electron chi connectivity index (χ3n) is 6.36. The van der Waals surface area contributed by atoms with Crippen LogP contribution in [0.25, 0.3) is 0 Å². The van der Waals surface area contributed by atoms with E-state index < -0.39 is 0 Å². The fraction of sp³-hybridized carbons (Fsp3) is 0.320. The van der Waals surface area contributed by atoms with Crippen LogP contribution in [0, 0.1) is 0 Å². The first-order chi connectivity index (χ1) is 15.7. The molecule has 2 aliphatic rings. The van der Waals surface area contributed by atoms with E-state index in [4.69, 9.17) is 0 Å². The highest BCUT2D eigenvalue weighted by Crippen LogP contribution is 2.36. The highest BCUT2D eigenvalue weighted by Gasteiger charge is 2.34. The lowest BCUT2D eigenvalue weighted by Crippen LogP contribution is -2.52. The molecule has 3 aromatic rings. The molecule has 1 saturated heterocycles. The summed E-state index contributed by atoms with van der Waals surface area (Å²) in [5.41, 5.74) is 3.07. The molecule has 1 fully saturated rings. The lowest BCUT2D eigenvalue weighted by atomic mass is 10.1. The zero-order valence-electron chi connectivity index (χ0n) is 18.0. The third-order valence-corrected chi connectivity index (χ3v) is 6.36. The van der Waals surface area contributed by atoms with Gasteiger partial charge in [0.1, 0.15) is 6.54 Å². The Bertz CT molecular complexity index is 1150. The van der Waals surface area contributed by atoms with Crippen molar-refractivity contribution < 1.29 is 4.79 Å². The molecule has 7 heteroatoms. The highest BCUT2D eigenvalue weighted by molar-refractivity contribution is 5.97. The SMILES string of the molecule is O=C(Cn1ncccc1=O)N1CCC2CN(Cc3ccccc3)CCN2c2ccccc21. The van der Waals surface area contributed by atoms with Crippen LogP contribution in [0.3, 0.4) is 0 Å². The molecule has 0 radical (unpaired) electrons. The van der Waals surface area contributed by atoms with Crippen molar-refractivity contribution >= 4 is 17.3 Å². The highest BCUT2D eigenvalue weighted by atomic mass is 16.2. The summed E-state index contributed by atoms with van der Waals surface area (Å²) in [6.07, 6.45) is 2.41. The summed E-state index contributed by atoms with van der Waals surface area (Å²) >= 11 is 0. The molecule has 1 aromatic heterocycles. The van der Waals surface area contributed by atoms with Crippen molar-refractivity contribution in [3.63, 3.8) is 0 Å². The number of nitrogens with zero attached hydrogens (tertiary/aromatic N) is 5. The number of fused-ring (bicyclic) bond motifs is 3. The lowest BCUT2D eigenvalue weighted by Gasteiger charge is -2.42. The number of para-hydroxylation sites is 2. The van der Waals surface area contributed by atoms with E-state index in [1.807, 2.05) is 29.2 Å². The number of amides is 1. The van der Waals surface area contributed by atoms with Crippen molar-refractivity contribution in [2.75, 3.05) is 36.0 Å². The first-order valence-corrected chi connectivity index (χ1v) is 11.1. The summed E-state index contributed by atoms with van der Waals surface area (Å²) in [6, 6.07) is 22.0. The Labute approximate surface area is 187 Å². The van der Waals surface area contributed by atoms with Crippen LogP contribution in [0.15, 0.2) is 77.7 Å². The molecule has 7 nitrogen and oxygen atoms in total. The number of carbonyl (C=O) groups excluding carboxylic acids is 1. The van der Waals surface area contributed by atoms with E-state index in [9.17, 15) is 9.59 Å². The molecule has 0 bridgehead atoms. The number of hydrogen-bond donors (Lipinski definition) is 0. The van der Waals surface area contributed by atoms with Crippen LogP contribution >= 0.6 is 0 Å². The third kappa shape index (κ3) is 4.16. The van der Waals surface area contributed by atoms with Crippen LogP contribution in [0.5, 0.6) is 0 Å². The van der Waals surface area contributed by atoms with Crippen LogP contribution in [-0.4, -0.2) is 52.8 Å². The van der Waals surface area contributed by atoms with Crippen LogP contribution in [-0.2, 0) is 17.9 Å². The van der Waals surface area contributed by atoms with Gasteiger partial charge in [-0.05, 0) is 30.2 Å². The Morgan fingerprint density at radius 3 is 2.50 bits per heavy atom. The summed E-state index contributed by atoms with van der Waals surface area (Å²) in [6.45, 7) is 4.38. The van der Waals surface area contributed by atoms with Gasteiger partial charge in [-0.2, -0.15) is 5.10 Å². The average Bonchev–Trinajstić information content (AvgIpc) is 2.98. The van der Waals surface area contributed by atoms with Crippen molar-refractivity contribution in [3.8, 4) is 0 Å². The van der Waals surface area contributed by atoms with Gasteiger partial charge < -0.3 is 9.80 Å². The zero-order valence-corrected chi connectivity index (χ0v) is 18.0. The minimum Gasteiger partial charge on any atom is -0.364 e. The Morgan fingerprint density at radius 2 is 1.69 bits per heavy atom. The predicted molar refractivity (Wildman–Crippen MR) is 125 cm³/mol. The predicted octanol–water partition coefficient (Wildman–Crippen LogP) is 2.37. The van der Waals surface area contributed by atoms with Gasteiger partial charge in [0.2, 0.25) is 5.91 Å². The number of carbonyl (C=O) groups is 1. The van der Waals surface area contributed by atoms with Gasteiger partial charge >= 0.3 is 0 Å². The molecular weight excluding hydrogens is 402 g/mol. The molecular formula is C25H27N5O2. The molecule has 5 rings (SSSR count). The molecule has 3 heterocycles. The van der Waals surface area contributed by atoms with E-state index in [1.165, 1.54) is 22.5 Å². The number of anilines is 2. The molecule has 32 heavy (non-hydrogen) atoms. The molecule has 1 amide bonds. The maximum Gasteiger partial charge on any atom is 0.267 e. The molecule has 2 aliphatic heterocycles. The second-order valence-corrected chi connectivity index (χ2v) is 8.41. The van der Waals surface area contributed by atoms with Gasteiger partial charge in [0, 0.05) is 51.0 Å². The topological polar surface area (TPSA) is 61.7 Å². The molecule has 0 aliphatic carbocycles. The lowest BCUT2D eigenvalue weighted by molar-refractivity contribution is -0.119. The zero-order chi connectivity index (χ0) is 21.9. The van der Waals surface area contributed by atoms with Crippen LogP contribution in [0.1, 0.15) is 12.0 Å². The van der Waals surface area contributed by atoms with E-state index in [2.05, 4.69) is 45.2 Å². The van der Waals surface area contributed by atoms with Crippen LogP contribution in [0.2, 0.25) is 0 Å². The van der Waals surface area contributed by atoms with Crippen LogP contribution in [0.4, 0.5) is 11.4 Å². The van der Waals surface area contributed by atoms with Crippen molar-refractivity contribution in [3.05, 3.63) is 88.8 Å². The van der Waals surface area contributed by atoms with Crippen molar-refractivity contribution in [1.82, 2.24) is 14.7 Å². The number of rotatable bonds is 4. The molecule has 2 aromatic carbocycles. The second-order valence-electron chi connectivity index (χ2n) is 8.41. The van der Waals surface area contributed by atoms with Gasteiger partial charge in [-0.15, -0.1) is 0 Å². The minimum atomic E-state index is -0.266. The van der Waals surface area contributed by atoms with E-state index in [1.54, 1.807) is 6.07 Å². The fourth-order valence-corrected chi connectivity index (χ4v) is 4.78. The standard InChI is InChI=1S/C25H27N5O2/c31-24-11-6-13-26-30(24)19-25(32)29-14-12-21-18-27(17-20-7-2-1-3-8-20)15-16-28(21)22-9-4-5-10-23(22)29/h1-11,13,21H,12,14-19H2. The summed E-state index contributed by atoms with van der Waals surface area (Å²) < 4.78 is 1.23. The Balaban J connectivity index is 1.37. The van der Waals surface area contributed by atoms with Gasteiger partial charge in [0.15, 0.2) is 0 Å². The average molecular weight is 430 g/mol. The maximum atomic E-state index is 13.2. The number of hydrogen-bond acceptors (Lipinski definition) is 5. The number of piperazine rings is 1. The minimum absolute atomic E-state index is 0.0567. The molecule has 0 N–H and O–H groups in total. The van der Waals surface area contributed by atoms with E-state index in [0.717, 1.165) is 44.0 Å². The summed E-state index contributed by atoms with van der Waals surface area (Å²) in [5, 5.41) is 4.05. The smallest absolute Gasteiger partial charge is 0.267 e. The quantitative estimate of drug-likeness (QED) is 0.637. The van der Waals surface area contributed by atoms with Gasteiger partial charge in [-0.1, -0.05) is 42.5 Å². The molecule has 0 saturated carbocycles. The largest absolute Gasteiger partial charge is 0.364 e. The summed E-state index contributed by atoms with van der Waals surface area (Å²) in [5.74, 6) is -0.112. The van der Waals surface area contributed by atoms with E-state index in [-0.39, 0.29) is 18.0 Å². The van der Waals surface area contributed by atoms with Crippen LogP contribution < -0.4 is 15.4 Å². The number of benzene rings is 2. The van der Waals surface area contributed by atoms with Gasteiger partial charge in [0.25, 0.3) is 5.56 Å². The first-order valence-electron chi connectivity index (χ1n) is 11.1. The molecule has 1 unspecified atom stereocenters. The Hall–Kier alpha value is -3.45. The first kappa shape index (κ1) is 20.5. The van der Waals surface area contributed by atoms with Gasteiger partial charge in [-0.25, -0.2) is 4.68 Å². The normalized spacial score (nSPS) is 18.6. The fourth-order valence-electron chi connectivity index (χ4n) is 4.78.